The van der Waals surface area contributed by atoms with Crippen LogP contribution in [0.3, 0.4) is 0 Å². The van der Waals surface area contributed by atoms with Gasteiger partial charge in [0.25, 0.3) is 0 Å². The van der Waals surface area contributed by atoms with Gasteiger partial charge in [-0.15, -0.1) is 11.3 Å². The second kappa shape index (κ2) is 5.46. The summed E-state index contributed by atoms with van der Waals surface area (Å²) in [7, 11) is 0. The minimum Gasteiger partial charge on any atom is -0.389 e. The molecule has 1 aromatic carbocycles. The molecule has 2 aromatic rings. The molecule has 1 aromatic heterocycles. The smallest absolute Gasteiger partial charge is 0.135 e. The van der Waals surface area contributed by atoms with Crippen LogP contribution in [0.15, 0.2) is 30.3 Å². The van der Waals surface area contributed by atoms with Crippen molar-refractivity contribution in [3.8, 4) is 0 Å². The Labute approximate surface area is 115 Å². The Hall–Kier alpha value is -1.46. The van der Waals surface area contributed by atoms with Gasteiger partial charge in [-0.05, 0) is 31.2 Å². The lowest BCUT2D eigenvalue weighted by atomic mass is 10.1. The zero-order valence-electron chi connectivity index (χ0n) is 9.87. The third kappa shape index (κ3) is 2.86. The van der Waals surface area contributed by atoms with Gasteiger partial charge in [-0.2, -0.15) is 0 Å². The summed E-state index contributed by atoms with van der Waals surface area (Å²) in [6.07, 6.45) is 0. The number of nitrogens with one attached hydrogen (secondary N) is 1. The number of hydrogen-bond acceptors (Lipinski definition) is 3. The molecular formula is C13H13FN2S2. The zero-order chi connectivity index (χ0) is 13.1. The molecule has 1 heterocycles. The lowest BCUT2D eigenvalue weighted by Crippen LogP contribution is -2.15. The molecule has 0 atom stereocenters. The van der Waals surface area contributed by atoms with Crippen molar-refractivity contribution in [3.05, 3.63) is 51.5 Å². The van der Waals surface area contributed by atoms with Gasteiger partial charge in [-0.1, -0.05) is 18.3 Å². The quantitative estimate of drug-likeness (QED) is 0.843. The summed E-state index contributed by atoms with van der Waals surface area (Å²) in [4.78, 5) is 2.50. The van der Waals surface area contributed by atoms with Crippen molar-refractivity contribution in [1.29, 1.82) is 0 Å². The molecular weight excluding hydrogens is 267 g/mol. The Morgan fingerprint density at radius 2 is 2.17 bits per heavy atom. The summed E-state index contributed by atoms with van der Waals surface area (Å²) in [5.41, 5.74) is 6.45. The van der Waals surface area contributed by atoms with E-state index in [1.165, 1.54) is 15.8 Å². The molecule has 0 aliphatic rings. The van der Waals surface area contributed by atoms with Gasteiger partial charge in [0.15, 0.2) is 0 Å². The van der Waals surface area contributed by atoms with E-state index in [2.05, 4.69) is 18.3 Å². The number of hydrogen-bond donors (Lipinski definition) is 2. The summed E-state index contributed by atoms with van der Waals surface area (Å²) < 4.78 is 13.6. The summed E-state index contributed by atoms with van der Waals surface area (Å²) in [6, 6.07) is 8.88. The molecule has 94 valence electrons. The van der Waals surface area contributed by atoms with Crippen molar-refractivity contribution in [2.24, 2.45) is 5.73 Å². The molecule has 0 fully saturated rings. The van der Waals surface area contributed by atoms with E-state index in [0.717, 1.165) is 0 Å². The maximum absolute atomic E-state index is 13.6. The van der Waals surface area contributed by atoms with Crippen LogP contribution in [0.1, 0.15) is 15.3 Å². The van der Waals surface area contributed by atoms with Crippen LogP contribution in [-0.4, -0.2) is 4.99 Å². The topological polar surface area (TPSA) is 38.0 Å². The van der Waals surface area contributed by atoms with E-state index < -0.39 is 5.82 Å². The first kappa shape index (κ1) is 13.0. The fourth-order valence-electron chi connectivity index (χ4n) is 1.68. The number of benzene rings is 1. The largest absolute Gasteiger partial charge is 0.389 e. The van der Waals surface area contributed by atoms with Gasteiger partial charge in [0.2, 0.25) is 0 Å². The van der Waals surface area contributed by atoms with Crippen LogP contribution < -0.4 is 11.1 Å². The first-order valence-electron chi connectivity index (χ1n) is 5.45. The maximum Gasteiger partial charge on any atom is 0.135 e. The molecule has 0 bridgehead atoms. The number of nitrogens with two attached hydrogens (primary N) is 1. The van der Waals surface area contributed by atoms with Gasteiger partial charge in [0.05, 0.1) is 5.56 Å². The van der Waals surface area contributed by atoms with E-state index in [0.29, 0.717) is 12.2 Å². The third-order valence-electron chi connectivity index (χ3n) is 2.51. The van der Waals surface area contributed by atoms with Crippen molar-refractivity contribution in [1.82, 2.24) is 0 Å². The summed E-state index contributed by atoms with van der Waals surface area (Å²) in [5.74, 6) is -0.394. The number of anilines is 1. The highest BCUT2D eigenvalue weighted by atomic mass is 32.1. The molecule has 2 nitrogen and oxygen atoms in total. The van der Waals surface area contributed by atoms with E-state index >= 15 is 0 Å². The molecule has 0 aliphatic heterocycles. The van der Waals surface area contributed by atoms with Gasteiger partial charge in [-0.25, -0.2) is 4.39 Å². The number of thiophene rings is 1. The first-order chi connectivity index (χ1) is 8.58. The summed E-state index contributed by atoms with van der Waals surface area (Å²) in [6.45, 7) is 2.69. The van der Waals surface area contributed by atoms with Crippen LogP contribution >= 0.6 is 23.6 Å². The van der Waals surface area contributed by atoms with Gasteiger partial charge >= 0.3 is 0 Å². The standard InChI is InChI=1S/C13H13FN2S2/c1-8-5-6-9(18-8)7-16-11-4-2-3-10(14)12(11)13(15)17/h2-6,16H,7H2,1H3,(H2,15,17). The predicted octanol–water partition coefficient (Wildman–Crippen LogP) is 3.44. The second-order valence-electron chi connectivity index (χ2n) is 3.89. The summed E-state index contributed by atoms with van der Waals surface area (Å²) in [5, 5.41) is 3.17. The van der Waals surface area contributed by atoms with Crippen molar-refractivity contribution in [2.75, 3.05) is 5.32 Å². The molecule has 0 radical (unpaired) electrons. The first-order valence-corrected chi connectivity index (χ1v) is 6.68. The van der Waals surface area contributed by atoms with Gasteiger partial charge in [0, 0.05) is 22.0 Å². The number of rotatable bonds is 4. The Morgan fingerprint density at radius 1 is 1.39 bits per heavy atom. The normalized spacial score (nSPS) is 10.3. The molecule has 18 heavy (non-hydrogen) atoms. The van der Waals surface area contributed by atoms with Crippen LogP contribution in [0.25, 0.3) is 0 Å². The van der Waals surface area contributed by atoms with Crippen molar-refractivity contribution < 1.29 is 4.39 Å². The monoisotopic (exact) mass is 280 g/mol. The van der Waals surface area contributed by atoms with Crippen molar-refractivity contribution in [2.45, 2.75) is 13.5 Å². The van der Waals surface area contributed by atoms with Gasteiger partial charge in [0.1, 0.15) is 10.8 Å². The van der Waals surface area contributed by atoms with Crippen LogP contribution in [0, 0.1) is 12.7 Å². The van der Waals surface area contributed by atoms with E-state index in [9.17, 15) is 4.39 Å². The third-order valence-corrected chi connectivity index (χ3v) is 3.71. The van der Waals surface area contributed by atoms with E-state index in [-0.39, 0.29) is 10.6 Å². The molecule has 3 N–H and O–H groups in total. The Bertz CT molecular complexity index is 578. The predicted molar refractivity (Wildman–Crippen MR) is 78.7 cm³/mol. The van der Waals surface area contributed by atoms with Crippen molar-refractivity contribution >= 4 is 34.2 Å². The SMILES string of the molecule is Cc1ccc(CNc2cccc(F)c2C(N)=S)s1. The van der Waals surface area contributed by atoms with Crippen LogP contribution in [0.5, 0.6) is 0 Å². The number of halogens is 1. The van der Waals surface area contributed by atoms with Crippen LogP contribution in [0.4, 0.5) is 10.1 Å². The van der Waals surface area contributed by atoms with Crippen LogP contribution in [-0.2, 0) is 6.54 Å². The Morgan fingerprint density at radius 3 is 2.78 bits per heavy atom. The number of aryl methyl sites for hydroxylation is 1. The zero-order valence-corrected chi connectivity index (χ0v) is 11.5. The highest BCUT2D eigenvalue weighted by molar-refractivity contribution is 7.80. The average molecular weight is 280 g/mol. The fraction of sp³-hybridized carbons (Fsp3) is 0.154. The lowest BCUT2D eigenvalue weighted by Gasteiger charge is -2.11. The highest BCUT2D eigenvalue weighted by Gasteiger charge is 2.10. The molecule has 0 amide bonds. The van der Waals surface area contributed by atoms with Gasteiger partial charge < -0.3 is 11.1 Å². The van der Waals surface area contributed by atoms with Crippen molar-refractivity contribution in [3.63, 3.8) is 0 Å². The van der Waals surface area contributed by atoms with E-state index in [1.807, 2.05) is 6.07 Å². The molecule has 2 rings (SSSR count). The Kier molecular flexibility index (Phi) is 3.93. The molecule has 5 heteroatoms. The van der Waals surface area contributed by atoms with E-state index in [1.54, 1.807) is 23.5 Å². The summed E-state index contributed by atoms with van der Waals surface area (Å²) >= 11 is 6.58. The maximum atomic E-state index is 13.6. The number of thiocarbonyl (C=S) groups is 1. The lowest BCUT2D eigenvalue weighted by molar-refractivity contribution is 0.626. The molecule has 0 saturated heterocycles. The van der Waals surface area contributed by atoms with E-state index in [4.69, 9.17) is 18.0 Å². The average Bonchev–Trinajstić information content (AvgIpc) is 2.72. The van der Waals surface area contributed by atoms with Gasteiger partial charge in [-0.3, -0.25) is 0 Å². The molecule has 0 aliphatic carbocycles. The second-order valence-corrected chi connectivity index (χ2v) is 5.70. The molecule has 0 spiro atoms. The fourth-order valence-corrected chi connectivity index (χ4v) is 2.72. The minimum atomic E-state index is -0.394. The highest BCUT2D eigenvalue weighted by Crippen LogP contribution is 2.21. The van der Waals surface area contributed by atoms with Crippen LogP contribution in [0.2, 0.25) is 0 Å². The molecule has 0 saturated carbocycles. The minimum absolute atomic E-state index is 0.0676. The molecule has 0 unspecified atom stereocenters. The Balaban J connectivity index is 2.19.